The standard InChI is InChI=1S/C15H19ClN4O4/c16-10-4-2-6-12(20(23)24)14(10)15(22)18-8-13(21)19-11-5-1-3-9(11)7-17/h2,4,6,9,11H,1,3,5,7-8,17H2,(H,18,22)(H,19,21). The van der Waals surface area contributed by atoms with Crippen molar-refractivity contribution >= 4 is 29.1 Å². The van der Waals surface area contributed by atoms with Crippen LogP contribution in [0.3, 0.4) is 0 Å². The summed E-state index contributed by atoms with van der Waals surface area (Å²) in [6.45, 7) is 0.220. The number of benzene rings is 1. The fourth-order valence-corrected chi connectivity index (χ4v) is 3.16. The van der Waals surface area contributed by atoms with Gasteiger partial charge >= 0.3 is 0 Å². The molecule has 9 heteroatoms. The fourth-order valence-electron chi connectivity index (χ4n) is 2.91. The van der Waals surface area contributed by atoms with Crippen molar-refractivity contribution < 1.29 is 14.5 Å². The van der Waals surface area contributed by atoms with Gasteiger partial charge in [0.15, 0.2) is 0 Å². The number of halogens is 1. The van der Waals surface area contributed by atoms with E-state index in [2.05, 4.69) is 10.6 Å². The van der Waals surface area contributed by atoms with Crippen LogP contribution in [-0.4, -0.2) is 35.9 Å². The Hall–Kier alpha value is -2.19. The number of carbonyl (C=O) groups is 2. The van der Waals surface area contributed by atoms with Crippen LogP contribution in [0.4, 0.5) is 5.69 Å². The van der Waals surface area contributed by atoms with E-state index in [0.29, 0.717) is 6.54 Å². The first-order valence-electron chi connectivity index (χ1n) is 7.64. The second-order valence-electron chi connectivity index (χ2n) is 5.67. The van der Waals surface area contributed by atoms with Crippen LogP contribution in [0.25, 0.3) is 0 Å². The molecule has 2 atom stereocenters. The highest BCUT2D eigenvalue weighted by Crippen LogP contribution is 2.26. The summed E-state index contributed by atoms with van der Waals surface area (Å²) < 4.78 is 0. The van der Waals surface area contributed by atoms with Gasteiger partial charge in [-0.3, -0.25) is 19.7 Å². The zero-order valence-corrected chi connectivity index (χ0v) is 13.7. The highest BCUT2D eigenvalue weighted by molar-refractivity contribution is 6.34. The smallest absolute Gasteiger partial charge is 0.283 e. The molecule has 2 amide bonds. The summed E-state index contributed by atoms with van der Waals surface area (Å²) in [4.78, 5) is 34.4. The molecule has 0 radical (unpaired) electrons. The van der Waals surface area contributed by atoms with Gasteiger partial charge in [-0.1, -0.05) is 24.1 Å². The van der Waals surface area contributed by atoms with Crippen molar-refractivity contribution in [1.29, 1.82) is 0 Å². The normalized spacial score (nSPS) is 19.8. The maximum absolute atomic E-state index is 12.2. The second-order valence-corrected chi connectivity index (χ2v) is 6.08. The van der Waals surface area contributed by atoms with Crippen molar-refractivity contribution in [2.45, 2.75) is 25.3 Å². The third kappa shape index (κ3) is 4.21. The monoisotopic (exact) mass is 354 g/mol. The molecule has 24 heavy (non-hydrogen) atoms. The van der Waals surface area contributed by atoms with Crippen molar-refractivity contribution in [3.63, 3.8) is 0 Å². The maximum atomic E-state index is 12.2. The number of hydrogen-bond donors (Lipinski definition) is 3. The number of rotatable bonds is 6. The van der Waals surface area contributed by atoms with Gasteiger partial charge in [0.05, 0.1) is 16.5 Å². The van der Waals surface area contributed by atoms with Crippen LogP contribution in [0.5, 0.6) is 0 Å². The lowest BCUT2D eigenvalue weighted by atomic mass is 10.0. The average molecular weight is 355 g/mol. The zero-order chi connectivity index (χ0) is 17.7. The molecule has 1 fully saturated rings. The molecule has 2 unspecified atom stereocenters. The summed E-state index contributed by atoms with van der Waals surface area (Å²) >= 11 is 5.88. The van der Waals surface area contributed by atoms with E-state index in [4.69, 9.17) is 17.3 Å². The third-order valence-electron chi connectivity index (χ3n) is 4.13. The molecule has 0 saturated heterocycles. The summed E-state index contributed by atoms with van der Waals surface area (Å²) in [7, 11) is 0. The molecule has 2 rings (SSSR count). The minimum atomic E-state index is -0.760. The van der Waals surface area contributed by atoms with Crippen LogP contribution in [0.2, 0.25) is 5.02 Å². The zero-order valence-electron chi connectivity index (χ0n) is 13.0. The lowest BCUT2D eigenvalue weighted by molar-refractivity contribution is -0.385. The Bertz CT molecular complexity index is 652. The maximum Gasteiger partial charge on any atom is 0.283 e. The molecule has 0 aromatic heterocycles. The van der Waals surface area contributed by atoms with E-state index in [9.17, 15) is 19.7 Å². The number of nitro benzene ring substituents is 1. The third-order valence-corrected chi connectivity index (χ3v) is 4.45. The first kappa shape index (κ1) is 18.2. The molecule has 8 nitrogen and oxygen atoms in total. The summed E-state index contributed by atoms with van der Waals surface area (Å²) in [5.41, 5.74) is 5.00. The largest absolute Gasteiger partial charge is 0.352 e. The van der Waals surface area contributed by atoms with Crippen molar-refractivity contribution in [1.82, 2.24) is 10.6 Å². The van der Waals surface area contributed by atoms with E-state index in [1.54, 1.807) is 0 Å². The van der Waals surface area contributed by atoms with Crippen molar-refractivity contribution in [2.24, 2.45) is 11.7 Å². The van der Waals surface area contributed by atoms with E-state index < -0.39 is 16.5 Å². The quantitative estimate of drug-likeness (QED) is 0.522. The van der Waals surface area contributed by atoms with Crippen molar-refractivity contribution in [3.05, 3.63) is 38.9 Å². The van der Waals surface area contributed by atoms with Crippen LogP contribution in [0.1, 0.15) is 29.6 Å². The predicted octanol–water partition coefficient (Wildman–Crippen LogP) is 1.22. The molecule has 0 heterocycles. The van der Waals surface area contributed by atoms with E-state index in [0.717, 1.165) is 19.3 Å². The Kier molecular flexibility index (Phi) is 6.10. The van der Waals surface area contributed by atoms with Crippen molar-refractivity contribution in [3.8, 4) is 0 Å². The molecule has 0 spiro atoms. The lowest BCUT2D eigenvalue weighted by Gasteiger charge is -2.19. The fraction of sp³-hybridized carbons (Fsp3) is 0.467. The average Bonchev–Trinajstić information content (AvgIpc) is 2.99. The number of nitro groups is 1. The minimum Gasteiger partial charge on any atom is -0.352 e. The lowest BCUT2D eigenvalue weighted by Crippen LogP contribution is -2.44. The molecule has 130 valence electrons. The first-order chi connectivity index (χ1) is 11.4. The summed E-state index contributed by atoms with van der Waals surface area (Å²) in [5.74, 6) is -0.873. The SMILES string of the molecule is NCC1CCCC1NC(=O)CNC(=O)c1c(Cl)cccc1[N+](=O)[O-]. The highest BCUT2D eigenvalue weighted by atomic mass is 35.5. The molecule has 0 aliphatic heterocycles. The van der Waals surface area contributed by atoms with Gasteiger partial charge in [0.1, 0.15) is 5.56 Å². The van der Waals surface area contributed by atoms with Gasteiger partial charge in [-0.15, -0.1) is 0 Å². The van der Waals surface area contributed by atoms with Gasteiger partial charge in [0.2, 0.25) is 5.91 Å². The molecule has 1 aliphatic carbocycles. The number of nitrogens with zero attached hydrogens (tertiary/aromatic N) is 1. The molecular weight excluding hydrogens is 336 g/mol. The van der Waals surface area contributed by atoms with Gasteiger partial charge in [-0.2, -0.15) is 0 Å². The molecule has 0 bridgehead atoms. The molecule has 1 saturated carbocycles. The van der Waals surface area contributed by atoms with Gasteiger partial charge in [0.25, 0.3) is 11.6 Å². The van der Waals surface area contributed by atoms with Crippen molar-refractivity contribution in [2.75, 3.05) is 13.1 Å². The Morgan fingerprint density at radius 3 is 2.79 bits per heavy atom. The molecule has 4 N–H and O–H groups in total. The number of nitrogens with one attached hydrogen (secondary N) is 2. The minimum absolute atomic E-state index is 0.00838. The van der Waals surface area contributed by atoms with Gasteiger partial charge in [-0.25, -0.2) is 0 Å². The molecule has 1 aliphatic rings. The van der Waals surface area contributed by atoms with Crippen LogP contribution in [0, 0.1) is 16.0 Å². The Morgan fingerprint density at radius 1 is 1.38 bits per heavy atom. The van der Waals surface area contributed by atoms with E-state index in [-0.39, 0.29) is 35.0 Å². The number of hydrogen-bond acceptors (Lipinski definition) is 5. The molecule has 1 aromatic carbocycles. The number of carbonyl (C=O) groups excluding carboxylic acids is 2. The summed E-state index contributed by atoms with van der Waals surface area (Å²) in [6.07, 6.45) is 2.84. The van der Waals surface area contributed by atoms with Gasteiger partial charge < -0.3 is 16.4 Å². The number of amides is 2. The second kappa shape index (κ2) is 8.07. The molecule has 1 aromatic rings. The van der Waals surface area contributed by atoms with Crippen LogP contribution < -0.4 is 16.4 Å². The highest BCUT2D eigenvalue weighted by Gasteiger charge is 2.28. The van der Waals surface area contributed by atoms with E-state index >= 15 is 0 Å². The van der Waals surface area contributed by atoms with Gasteiger partial charge in [-0.05, 0) is 31.4 Å². The van der Waals surface area contributed by atoms with Gasteiger partial charge in [0, 0.05) is 12.1 Å². The summed E-state index contributed by atoms with van der Waals surface area (Å²) in [6, 6.07) is 3.96. The Labute approximate surface area is 143 Å². The summed E-state index contributed by atoms with van der Waals surface area (Å²) in [5, 5.41) is 16.2. The van der Waals surface area contributed by atoms with Crippen LogP contribution in [0.15, 0.2) is 18.2 Å². The van der Waals surface area contributed by atoms with Crippen LogP contribution >= 0.6 is 11.6 Å². The Balaban J connectivity index is 1.96. The van der Waals surface area contributed by atoms with E-state index in [1.165, 1.54) is 18.2 Å². The topological polar surface area (TPSA) is 127 Å². The van der Waals surface area contributed by atoms with Crippen LogP contribution in [-0.2, 0) is 4.79 Å². The molecular formula is C15H19ClN4O4. The Morgan fingerprint density at radius 2 is 2.12 bits per heavy atom. The number of nitrogens with two attached hydrogens (primary N) is 1. The first-order valence-corrected chi connectivity index (χ1v) is 8.02. The predicted molar refractivity (Wildman–Crippen MR) is 88.8 cm³/mol. The van der Waals surface area contributed by atoms with E-state index in [1.807, 2.05) is 0 Å².